The molecule has 1 aliphatic carbocycles. The first-order valence-corrected chi connectivity index (χ1v) is 8.76. The second-order valence-electron chi connectivity index (χ2n) is 6.67. The van der Waals surface area contributed by atoms with Gasteiger partial charge in [0.05, 0.1) is 23.8 Å². The lowest BCUT2D eigenvalue weighted by Gasteiger charge is -2.12. The van der Waals surface area contributed by atoms with Crippen LogP contribution in [0.2, 0.25) is 0 Å². The average Bonchev–Trinajstić information content (AvgIpc) is 3.37. The van der Waals surface area contributed by atoms with Crippen molar-refractivity contribution in [1.82, 2.24) is 10.5 Å². The number of nitrogens with zero attached hydrogens (tertiary/aromatic N) is 1. The lowest BCUT2D eigenvalue weighted by Crippen LogP contribution is -2.34. The molecule has 5 nitrogen and oxygen atoms in total. The zero-order chi connectivity index (χ0) is 18.9. The minimum absolute atomic E-state index is 0.0910. The molecule has 6 heteroatoms. The number of rotatable bonds is 6. The Morgan fingerprint density at radius 3 is 2.63 bits per heavy atom. The van der Waals surface area contributed by atoms with Gasteiger partial charge in [0.25, 0.3) is 0 Å². The summed E-state index contributed by atoms with van der Waals surface area (Å²) in [5.41, 5.74) is 1.19. The molecule has 3 aromatic rings. The summed E-state index contributed by atoms with van der Waals surface area (Å²) in [4.78, 5) is 12.7. The van der Waals surface area contributed by atoms with Crippen molar-refractivity contribution in [2.45, 2.75) is 24.8 Å². The Balaban J connectivity index is 1.47. The van der Waals surface area contributed by atoms with Crippen LogP contribution in [-0.2, 0) is 16.8 Å². The molecule has 0 aliphatic heterocycles. The lowest BCUT2D eigenvalue weighted by molar-refractivity contribution is -0.123. The number of amides is 1. The van der Waals surface area contributed by atoms with Crippen LogP contribution in [0.4, 0.5) is 4.39 Å². The molecule has 1 saturated carbocycles. The molecule has 1 N–H and O–H groups in total. The van der Waals surface area contributed by atoms with Crippen molar-refractivity contribution >= 4 is 5.91 Å². The maximum absolute atomic E-state index is 13.9. The number of carbonyl (C=O) groups is 1. The summed E-state index contributed by atoms with van der Waals surface area (Å²) < 4.78 is 24.4. The highest BCUT2D eigenvalue weighted by molar-refractivity contribution is 5.91. The summed E-state index contributed by atoms with van der Waals surface area (Å²) in [5.74, 6) is 0.630. The van der Waals surface area contributed by atoms with E-state index >= 15 is 0 Å². The predicted molar refractivity (Wildman–Crippen MR) is 97.6 cm³/mol. The van der Waals surface area contributed by atoms with Gasteiger partial charge in [0, 0.05) is 12.6 Å². The van der Waals surface area contributed by atoms with Crippen LogP contribution in [0.25, 0.3) is 11.3 Å². The van der Waals surface area contributed by atoms with Gasteiger partial charge in [-0.1, -0.05) is 29.4 Å². The van der Waals surface area contributed by atoms with Gasteiger partial charge < -0.3 is 14.6 Å². The fraction of sp³-hybridized carbons (Fsp3) is 0.238. The largest absolute Gasteiger partial charge is 0.497 e. The van der Waals surface area contributed by atoms with E-state index in [1.807, 2.05) is 24.3 Å². The first-order valence-electron chi connectivity index (χ1n) is 8.76. The zero-order valence-electron chi connectivity index (χ0n) is 14.9. The summed E-state index contributed by atoms with van der Waals surface area (Å²) in [5, 5.41) is 7.01. The van der Waals surface area contributed by atoms with Crippen molar-refractivity contribution in [2.75, 3.05) is 7.11 Å². The number of hydrogen-bond acceptors (Lipinski definition) is 4. The SMILES string of the molecule is COc1ccc(CNC(=O)C2(c3cc(-c4ccccc4F)on3)CC2)cc1. The summed E-state index contributed by atoms with van der Waals surface area (Å²) in [6.07, 6.45) is 1.40. The van der Waals surface area contributed by atoms with E-state index in [4.69, 9.17) is 9.26 Å². The van der Waals surface area contributed by atoms with E-state index < -0.39 is 5.41 Å². The van der Waals surface area contributed by atoms with E-state index in [1.165, 1.54) is 6.07 Å². The maximum Gasteiger partial charge on any atom is 0.232 e. The van der Waals surface area contributed by atoms with Crippen LogP contribution in [0.1, 0.15) is 24.1 Å². The van der Waals surface area contributed by atoms with Gasteiger partial charge in [0.2, 0.25) is 5.91 Å². The fourth-order valence-electron chi connectivity index (χ4n) is 3.11. The summed E-state index contributed by atoms with van der Waals surface area (Å²) in [6.45, 7) is 0.419. The Bertz CT molecular complexity index is 962. The summed E-state index contributed by atoms with van der Waals surface area (Å²) in [6, 6.07) is 15.5. The van der Waals surface area contributed by atoms with Crippen molar-refractivity contribution in [3.8, 4) is 17.1 Å². The van der Waals surface area contributed by atoms with E-state index in [0.717, 1.165) is 11.3 Å². The molecule has 1 aromatic heterocycles. The smallest absolute Gasteiger partial charge is 0.232 e. The highest BCUT2D eigenvalue weighted by atomic mass is 19.1. The van der Waals surface area contributed by atoms with Crippen molar-refractivity contribution in [3.63, 3.8) is 0 Å². The minimum atomic E-state index is -0.681. The Morgan fingerprint density at radius 2 is 1.96 bits per heavy atom. The van der Waals surface area contributed by atoms with Crippen molar-refractivity contribution in [2.24, 2.45) is 0 Å². The van der Waals surface area contributed by atoms with Gasteiger partial charge in [0.15, 0.2) is 5.76 Å². The Morgan fingerprint density at radius 1 is 1.22 bits per heavy atom. The number of methoxy groups -OCH3 is 1. The number of halogens is 1. The maximum atomic E-state index is 13.9. The van der Waals surface area contributed by atoms with Crippen LogP contribution >= 0.6 is 0 Å². The molecule has 4 rings (SSSR count). The van der Waals surface area contributed by atoms with E-state index in [0.29, 0.717) is 36.4 Å². The highest BCUT2D eigenvalue weighted by Gasteiger charge is 2.53. The first-order chi connectivity index (χ1) is 13.1. The number of benzene rings is 2. The van der Waals surface area contributed by atoms with Crippen LogP contribution in [-0.4, -0.2) is 18.2 Å². The third-order valence-electron chi connectivity index (χ3n) is 4.94. The molecule has 1 heterocycles. The van der Waals surface area contributed by atoms with Crippen LogP contribution in [0.5, 0.6) is 5.75 Å². The molecule has 138 valence electrons. The summed E-state index contributed by atoms with van der Waals surface area (Å²) >= 11 is 0. The van der Waals surface area contributed by atoms with Crippen LogP contribution in [0.3, 0.4) is 0 Å². The molecule has 27 heavy (non-hydrogen) atoms. The second-order valence-corrected chi connectivity index (χ2v) is 6.67. The topological polar surface area (TPSA) is 64.4 Å². The third kappa shape index (κ3) is 3.30. The van der Waals surface area contributed by atoms with E-state index in [-0.39, 0.29) is 11.7 Å². The molecule has 0 unspecified atom stereocenters. The van der Waals surface area contributed by atoms with Gasteiger partial charge in [-0.15, -0.1) is 0 Å². The zero-order valence-corrected chi connectivity index (χ0v) is 14.9. The quantitative estimate of drug-likeness (QED) is 0.720. The van der Waals surface area contributed by atoms with Gasteiger partial charge in [-0.25, -0.2) is 4.39 Å². The van der Waals surface area contributed by atoms with Gasteiger partial charge >= 0.3 is 0 Å². The Labute approximate surface area is 156 Å². The first kappa shape index (κ1) is 17.3. The predicted octanol–water partition coefficient (Wildman–Crippen LogP) is 3.84. The lowest BCUT2D eigenvalue weighted by atomic mass is 10.00. The van der Waals surface area contributed by atoms with Gasteiger partial charge in [-0.3, -0.25) is 4.79 Å². The fourth-order valence-corrected chi connectivity index (χ4v) is 3.11. The Hall–Kier alpha value is -3.15. The molecule has 0 spiro atoms. The normalized spacial score (nSPS) is 14.6. The monoisotopic (exact) mass is 366 g/mol. The molecule has 0 atom stereocenters. The number of carbonyl (C=O) groups excluding carboxylic acids is 1. The molecular weight excluding hydrogens is 347 g/mol. The van der Waals surface area contributed by atoms with Crippen LogP contribution in [0.15, 0.2) is 59.1 Å². The molecule has 2 aromatic carbocycles. The number of ether oxygens (including phenoxy) is 1. The number of nitrogens with one attached hydrogen (secondary N) is 1. The number of hydrogen-bond donors (Lipinski definition) is 1. The third-order valence-corrected chi connectivity index (χ3v) is 4.94. The van der Waals surface area contributed by atoms with E-state index in [2.05, 4.69) is 10.5 Å². The minimum Gasteiger partial charge on any atom is -0.497 e. The second kappa shape index (κ2) is 6.87. The van der Waals surface area contributed by atoms with Gasteiger partial charge in [-0.05, 0) is 42.7 Å². The van der Waals surface area contributed by atoms with Crippen molar-refractivity contribution in [3.05, 3.63) is 71.7 Å². The molecule has 1 fully saturated rings. The van der Waals surface area contributed by atoms with Crippen LogP contribution < -0.4 is 10.1 Å². The standard InChI is InChI=1S/C21H19FN2O3/c1-26-15-8-6-14(7-9-15)13-23-20(25)21(10-11-21)19-12-18(27-24-19)16-4-2-3-5-17(16)22/h2-9,12H,10-11,13H2,1H3,(H,23,25). The Kier molecular flexibility index (Phi) is 4.39. The molecular formula is C21H19FN2O3. The van der Waals surface area contributed by atoms with E-state index in [1.54, 1.807) is 31.4 Å². The molecule has 0 bridgehead atoms. The summed E-state index contributed by atoms with van der Waals surface area (Å²) in [7, 11) is 1.61. The van der Waals surface area contributed by atoms with Gasteiger partial charge in [-0.2, -0.15) is 0 Å². The highest BCUT2D eigenvalue weighted by Crippen LogP contribution is 2.48. The molecule has 1 aliphatic rings. The van der Waals surface area contributed by atoms with Crippen LogP contribution in [0, 0.1) is 5.82 Å². The van der Waals surface area contributed by atoms with E-state index in [9.17, 15) is 9.18 Å². The average molecular weight is 366 g/mol. The molecule has 1 amide bonds. The van der Waals surface area contributed by atoms with Crippen molar-refractivity contribution in [1.29, 1.82) is 0 Å². The molecule has 0 radical (unpaired) electrons. The number of aromatic nitrogens is 1. The molecule has 0 saturated heterocycles. The van der Waals surface area contributed by atoms with Crippen molar-refractivity contribution < 1.29 is 18.4 Å². The van der Waals surface area contributed by atoms with Gasteiger partial charge in [0.1, 0.15) is 11.6 Å².